The summed E-state index contributed by atoms with van der Waals surface area (Å²) in [6, 6.07) is 14.0. The van der Waals surface area contributed by atoms with Crippen LogP contribution < -0.4 is 5.32 Å². The Morgan fingerprint density at radius 3 is 2.48 bits per heavy atom. The summed E-state index contributed by atoms with van der Waals surface area (Å²) < 4.78 is 0. The quantitative estimate of drug-likeness (QED) is 0.679. The summed E-state index contributed by atoms with van der Waals surface area (Å²) >= 11 is 5.79. The number of carbonyl (C=O) groups is 2. The van der Waals surface area contributed by atoms with Gasteiger partial charge in [-0.15, -0.1) is 0 Å². The van der Waals surface area contributed by atoms with E-state index in [-0.39, 0.29) is 11.7 Å². The fraction of sp³-hybridized carbons (Fsp3) is 0.0588. The molecule has 0 radical (unpaired) electrons. The molecule has 0 saturated heterocycles. The maximum atomic E-state index is 11.8. The van der Waals surface area contributed by atoms with E-state index in [0.29, 0.717) is 16.3 Å². The van der Waals surface area contributed by atoms with Gasteiger partial charge in [0.1, 0.15) is 0 Å². The molecule has 0 aromatic heterocycles. The zero-order valence-corrected chi connectivity index (χ0v) is 12.2. The third kappa shape index (κ3) is 4.58. The molecule has 2 aromatic carbocycles. The van der Waals surface area contributed by atoms with Crippen molar-refractivity contribution in [1.29, 1.82) is 0 Å². The summed E-state index contributed by atoms with van der Waals surface area (Å²) in [6.07, 6.45) is 3.13. The standard InChI is InChI=1S/C17H14ClNO2/c1-12(20)14-3-2-4-16(11-14)19-17(21)10-7-13-5-8-15(18)9-6-13/h2-11H,1H3,(H,19,21)/b10-7+. The van der Waals surface area contributed by atoms with Gasteiger partial charge in [-0.3, -0.25) is 9.59 Å². The Morgan fingerprint density at radius 1 is 1.10 bits per heavy atom. The maximum absolute atomic E-state index is 11.8. The van der Waals surface area contributed by atoms with Crippen LogP contribution in [0.3, 0.4) is 0 Å². The van der Waals surface area contributed by atoms with Crippen molar-refractivity contribution in [3.05, 3.63) is 70.8 Å². The smallest absolute Gasteiger partial charge is 0.248 e. The van der Waals surface area contributed by atoms with Crippen LogP contribution in [-0.2, 0) is 4.79 Å². The van der Waals surface area contributed by atoms with Gasteiger partial charge in [0.15, 0.2) is 5.78 Å². The van der Waals surface area contributed by atoms with Crippen LogP contribution in [0.2, 0.25) is 5.02 Å². The predicted octanol–water partition coefficient (Wildman–Crippen LogP) is 4.19. The second-order valence-electron chi connectivity index (χ2n) is 4.51. The Hall–Kier alpha value is -2.39. The molecule has 0 saturated carbocycles. The van der Waals surface area contributed by atoms with Crippen molar-refractivity contribution < 1.29 is 9.59 Å². The second kappa shape index (κ2) is 6.86. The monoisotopic (exact) mass is 299 g/mol. The van der Waals surface area contributed by atoms with Crippen molar-refractivity contribution in [1.82, 2.24) is 0 Å². The Kier molecular flexibility index (Phi) is 4.90. The highest BCUT2D eigenvalue weighted by molar-refractivity contribution is 6.30. The highest BCUT2D eigenvalue weighted by Gasteiger charge is 2.02. The molecule has 106 valence electrons. The molecule has 3 nitrogen and oxygen atoms in total. The van der Waals surface area contributed by atoms with Crippen molar-refractivity contribution >= 4 is 35.1 Å². The first-order valence-electron chi connectivity index (χ1n) is 6.40. The molecule has 0 aliphatic rings. The number of carbonyl (C=O) groups excluding carboxylic acids is 2. The largest absolute Gasteiger partial charge is 0.322 e. The molecule has 0 aliphatic carbocycles. The van der Waals surface area contributed by atoms with E-state index in [4.69, 9.17) is 11.6 Å². The third-order valence-corrected chi connectivity index (χ3v) is 3.09. The number of rotatable bonds is 4. The van der Waals surface area contributed by atoms with Crippen molar-refractivity contribution in [3.8, 4) is 0 Å². The number of ketones is 1. The van der Waals surface area contributed by atoms with E-state index in [0.717, 1.165) is 5.56 Å². The summed E-state index contributed by atoms with van der Waals surface area (Å²) in [5.74, 6) is -0.298. The number of hydrogen-bond donors (Lipinski definition) is 1. The van der Waals surface area contributed by atoms with E-state index < -0.39 is 0 Å². The van der Waals surface area contributed by atoms with Crippen LogP contribution >= 0.6 is 11.6 Å². The molecule has 0 heterocycles. The van der Waals surface area contributed by atoms with Gasteiger partial charge in [-0.25, -0.2) is 0 Å². The predicted molar refractivity (Wildman–Crippen MR) is 85.6 cm³/mol. The van der Waals surface area contributed by atoms with Gasteiger partial charge < -0.3 is 5.32 Å². The van der Waals surface area contributed by atoms with Crippen molar-refractivity contribution in [3.63, 3.8) is 0 Å². The SMILES string of the molecule is CC(=O)c1cccc(NC(=O)/C=C/c2ccc(Cl)cc2)c1. The molecule has 0 unspecified atom stereocenters. The van der Waals surface area contributed by atoms with E-state index in [1.54, 1.807) is 42.5 Å². The van der Waals surface area contributed by atoms with Crippen LogP contribution in [0.25, 0.3) is 6.08 Å². The highest BCUT2D eigenvalue weighted by Crippen LogP contribution is 2.12. The number of Topliss-reactive ketones (excluding diaryl/α,β-unsaturated/α-hetero) is 1. The maximum Gasteiger partial charge on any atom is 0.248 e. The Labute approximate surface area is 128 Å². The zero-order valence-electron chi connectivity index (χ0n) is 11.5. The van der Waals surface area contributed by atoms with Gasteiger partial charge >= 0.3 is 0 Å². The fourth-order valence-corrected chi connectivity index (χ4v) is 1.87. The Bertz CT molecular complexity index is 690. The van der Waals surface area contributed by atoms with Crippen LogP contribution in [-0.4, -0.2) is 11.7 Å². The van der Waals surface area contributed by atoms with Crippen LogP contribution in [0.5, 0.6) is 0 Å². The first kappa shape index (κ1) is 15.0. The normalized spacial score (nSPS) is 10.6. The van der Waals surface area contributed by atoms with Crippen LogP contribution in [0.4, 0.5) is 5.69 Å². The topological polar surface area (TPSA) is 46.2 Å². The molecule has 4 heteroatoms. The highest BCUT2D eigenvalue weighted by atomic mass is 35.5. The van der Waals surface area contributed by atoms with Gasteiger partial charge in [0.25, 0.3) is 0 Å². The average Bonchev–Trinajstić information content (AvgIpc) is 2.47. The Balaban J connectivity index is 2.03. The first-order valence-corrected chi connectivity index (χ1v) is 6.78. The molecule has 0 spiro atoms. The molecule has 2 rings (SSSR count). The zero-order chi connectivity index (χ0) is 15.2. The van der Waals surface area contributed by atoms with Gasteiger partial charge in [0.05, 0.1) is 0 Å². The molecule has 0 bridgehead atoms. The summed E-state index contributed by atoms with van der Waals surface area (Å²) in [5.41, 5.74) is 2.04. The van der Waals surface area contributed by atoms with Gasteiger partial charge in [0, 0.05) is 22.3 Å². The number of halogens is 1. The molecular formula is C17H14ClNO2. The van der Waals surface area contributed by atoms with Crippen molar-refractivity contribution in [2.45, 2.75) is 6.92 Å². The molecule has 2 aromatic rings. The third-order valence-electron chi connectivity index (χ3n) is 2.83. The van der Waals surface area contributed by atoms with E-state index in [2.05, 4.69) is 5.32 Å². The summed E-state index contributed by atoms with van der Waals surface area (Å²) in [4.78, 5) is 23.1. The molecular weight excluding hydrogens is 286 g/mol. The lowest BCUT2D eigenvalue weighted by atomic mass is 10.1. The first-order chi connectivity index (χ1) is 10.0. The minimum atomic E-state index is -0.259. The summed E-state index contributed by atoms with van der Waals surface area (Å²) in [7, 11) is 0. The molecule has 1 N–H and O–H groups in total. The lowest BCUT2D eigenvalue weighted by Gasteiger charge is -2.03. The van der Waals surface area contributed by atoms with Gasteiger partial charge in [-0.2, -0.15) is 0 Å². The number of benzene rings is 2. The summed E-state index contributed by atoms with van der Waals surface area (Å²) in [5, 5.41) is 3.37. The van der Waals surface area contributed by atoms with E-state index in [1.165, 1.54) is 13.0 Å². The number of anilines is 1. The van der Waals surface area contributed by atoms with Gasteiger partial charge in [0.2, 0.25) is 5.91 Å². The van der Waals surface area contributed by atoms with Crippen LogP contribution in [0, 0.1) is 0 Å². The number of nitrogens with one attached hydrogen (secondary N) is 1. The van der Waals surface area contributed by atoms with Crippen LogP contribution in [0.1, 0.15) is 22.8 Å². The van der Waals surface area contributed by atoms with E-state index in [1.807, 2.05) is 12.1 Å². The fourth-order valence-electron chi connectivity index (χ4n) is 1.75. The average molecular weight is 300 g/mol. The van der Waals surface area contributed by atoms with Gasteiger partial charge in [-0.05, 0) is 42.8 Å². The number of amides is 1. The molecule has 1 amide bonds. The lowest BCUT2D eigenvalue weighted by Crippen LogP contribution is -2.08. The van der Waals surface area contributed by atoms with E-state index >= 15 is 0 Å². The minimum Gasteiger partial charge on any atom is -0.322 e. The molecule has 21 heavy (non-hydrogen) atoms. The summed E-state index contributed by atoms with van der Waals surface area (Å²) in [6.45, 7) is 1.49. The van der Waals surface area contributed by atoms with Crippen molar-refractivity contribution in [2.24, 2.45) is 0 Å². The minimum absolute atomic E-state index is 0.0391. The molecule has 0 fully saturated rings. The Morgan fingerprint density at radius 2 is 1.81 bits per heavy atom. The van der Waals surface area contributed by atoms with Crippen LogP contribution in [0.15, 0.2) is 54.6 Å². The molecule has 0 aliphatic heterocycles. The van der Waals surface area contributed by atoms with E-state index in [9.17, 15) is 9.59 Å². The second-order valence-corrected chi connectivity index (χ2v) is 4.95. The van der Waals surface area contributed by atoms with Gasteiger partial charge in [-0.1, -0.05) is 35.9 Å². The molecule has 0 atom stereocenters. The number of hydrogen-bond acceptors (Lipinski definition) is 2. The lowest BCUT2D eigenvalue weighted by molar-refractivity contribution is -0.111. The van der Waals surface area contributed by atoms with Crippen molar-refractivity contribution in [2.75, 3.05) is 5.32 Å².